The van der Waals surface area contributed by atoms with Crippen molar-refractivity contribution in [2.45, 2.75) is 50.7 Å². The molecule has 1 saturated heterocycles. The number of sulfone groups is 1. The van der Waals surface area contributed by atoms with Crippen molar-refractivity contribution in [3.63, 3.8) is 0 Å². The topological polar surface area (TPSA) is 113 Å². The third-order valence-electron chi connectivity index (χ3n) is 6.63. The third-order valence-corrected chi connectivity index (χ3v) is 7.61. The van der Waals surface area contributed by atoms with Gasteiger partial charge in [-0.15, -0.1) is 0 Å². The highest BCUT2D eigenvalue weighted by atomic mass is 32.2. The van der Waals surface area contributed by atoms with Crippen molar-refractivity contribution in [3.05, 3.63) is 35.9 Å². The van der Waals surface area contributed by atoms with Gasteiger partial charge < -0.3 is 11.1 Å². The number of benzene rings is 1. The van der Waals surface area contributed by atoms with Gasteiger partial charge in [-0.3, -0.25) is 19.4 Å². The number of rotatable bonds is 9. The first-order chi connectivity index (χ1) is 15.2. The van der Waals surface area contributed by atoms with Crippen molar-refractivity contribution < 1.29 is 18.0 Å². The van der Waals surface area contributed by atoms with Crippen LogP contribution in [0.2, 0.25) is 0 Å². The molecule has 0 spiro atoms. The van der Waals surface area contributed by atoms with E-state index in [0.29, 0.717) is 0 Å². The molecule has 9 heteroatoms. The SMILES string of the molecule is CS(=O)(=O)CC[C@H](NC(=O)[C@@H]1CCCC[C@H]1N1CCN(Cc2ccccc2)CC1)C(N)=O. The van der Waals surface area contributed by atoms with Crippen molar-refractivity contribution in [2.24, 2.45) is 11.7 Å². The van der Waals surface area contributed by atoms with E-state index in [1.807, 2.05) is 6.07 Å². The van der Waals surface area contributed by atoms with Crippen molar-refractivity contribution in [3.8, 4) is 0 Å². The quantitative estimate of drug-likeness (QED) is 0.558. The van der Waals surface area contributed by atoms with Crippen LogP contribution < -0.4 is 11.1 Å². The fourth-order valence-electron chi connectivity index (χ4n) is 4.85. The molecule has 2 amide bonds. The van der Waals surface area contributed by atoms with E-state index in [2.05, 4.69) is 39.4 Å². The molecule has 1 aromatic carbocycles. The first-order valence-corrected chi connectivity index (χ1v) is 13.6. The Morgan fingerprint density at radius 3 is 2.38 bits per heavy atom. The van der Waals surface area contributed by atoms with E-state index in [1.165, 1.54) is 5.56 Å². The number of nitrogens with one attached hydrogen (secondary N) is 1. The molecule has 1 aliphatic carbocycles. The van der Waals surface area contributed by atoms with Gasteiger partial charge >= 0.3 is 0 Å². The zero-order valence-electron chi connectivity index (χ0n) is 18.9. The molecule has 8 nitrogen and oxygen atoms in total. The molecule has 2 fully saturated rings. The molecule has 178 valence electrons. The summed E-state index contributed by atoms with van der Waals surface area (Å²) in [7, 11) is -3.24. The van der Waals surface area contributed by atoms with Crippen LogP contribution in [0.3, 0.4) is 0 Å². The minimum atomic E-state index is -3.24. The summed E-state index contributed by atoms with van der Waals surface area (Å²) < 4.78 is 22.9. The second-order valence-corrected chi connectivity index (χ2v) is 11.4. The lowest BCUT2D eigenvalue weighted by molar-refractivity contribution is -0.133. The van der Waals surface area contributed by atoms with Crippen molar-refractivity contribution in [1.82, 2.24) is 15.1 Å². The van der Waals surface area contributed by atoms with Crippen LogP contribution in [0.1, 0.15) is 37.7 Å². The molecule has 1 aromatic rings. The molecular weight excluding hydrogens is 428 g/mol. The Kier molecular flexibility index (Phi) is 8.67. The minimum Gasteiger partial charge on any atom is -0.368 e. The molecule has 0 radical (unpaired) electrons. The lowest BCUT2D eigenvalue weighted by Gasteiger charge is -2.44. The first-order valence-electron chi connectivity index (χ1n) is 11.5. The lowest BCUT2D eigenvalue weighted by Crippen LogP contribution is -2.56. The van der Waals surface area contributed by atoms with Crippen LogP contribution in [0.15, 0.2) is 30.3 Å². The number of primary amides is 1. The van der Waals surface area contributed by atoms with Gasteiger partial charge in [-0.1, -0.05) is 43.2 Å². The van der Waals surface area contributed by atoms with Gasteiger partial charge in [0.2, 0.25) is 11.8 Å². The number of hydrogen-bond acceptors (Lipinski definition) is 6. The Hall–Kier alpha value is -1.97. The van der Waals surface area contributed by atoms with Gasteiger partial charge in [0.05, 0.1) is 11.7 Å². The standard InChI is InChI=1S/C23H36N4O4S/c1-32(30,31)16-11-20(22(24)28)25-23(29)19-9-5-6-10-21(19)27-14-12-26(13-15-27)17-18-7-3-2-4-8-18/h2-4,7-8,19-21H,5-6,9-17H2,1H3,(H2,24,28)(H,25,29)/t19-,20+,21-/m1/s1. The summed E-state index contributed by atoms with van der Waals surface area (Å²) in [5.74, 6) is -1.26. The summed E-state index contributed by atoms with van der Waals surface area (Å²) in [6, 6.07) is 9.63. The average molecular weight is 465 g/mol. The average Bonchev–Trinajstić information content (AvgIpc) is 2.77. The van der Waals surface area contributed by atoms with Crippen LogP contribution in [0.5, 0.6) is 0 Å². The fourth-order valence-corrected chi connectivity index (χ4v) is 5.51. The molecule has 1 saturated carbocycles. The van der Waals surface area contributed by atoms with E-state index in [4.69, 9.17) is 5.73 Å². The monoisotopic (exact) mass is 464 g/mol. The first kappa shape index (κ1) is 24.7. The number of carbonyl (C=O) groups is 2. The van der Waals surface area contributed by atoms with Gasteiger partial charge in [0, 0.05) is 45.0 Å². The zero-order chi connectivity index (χ0) is 23.1. The Morgan fingerprint density at radius 2 is 1.75 bits per heavy atom. The third kappa shape index (κ3) is 7.28. The molecule has 32 heavy (non-hydrogen) atoms. The van der Waals surface area contributed by atoms with Crippen molar-refractivity contribution >= 4 is 21.7 Å². The van der Waals surface area contributed by atoms with Crippen LogP contribution in [-0.2, 0) is 26.0 Å². The highest BCUT2D eigenvalue weighted by molar-refractivity contribution is 7.90. The van der Waals surface area contributed by atoms with Crippen LogP contribution in [0.4, 0.5) is 0 Å². The van der Waals surface area contributed by atoms with E-state index in [1.54, 1.807) is 0 Å². The number of nitrogens with zero attached hydrogens (tertiary/aromatic N) is 2. The van der Waals surface area contributed by atoms with Crippen LogP contribution >= 0.6 is 0 Å². The Bertz CT molecular complexity index is 869. The predicted octanol–water partition coefficient (Wildman–Crippen LogP) is 0.768. The molecule has 0 aromatic heterocycles. The highest BCUT2D eigenvalue weighted by Gasteiger charge is 2.37. The summed E-state index contributed by atoms with van der Waals surface area (Å²) in [5, 5.41) is 2.75. The van der Waals surface area contributed by atoms with Gasteiger partial charge in [0.25, 0.3) is 0 Å². The smallest absolute Gasteiger partial charge is 0.240 e. The molecule has 2 aliphatic rings. The fraction of sp³-hybridized carbons (Fsp3) is 0.652. The van der Waals surface area contributed by atoms with Gasteiger partial charge in [-0.05, 0) is 24.8 Å². The summed E-state index contributed by atoms with van der Waals surface area (Å²) in [6.45, 7) is 4.67. The molecule has 3 rings (SSSR count). The van der Waals surface area contributed by atoms with Gasteiger partial charge in [0.1, 0.15) is 15.9 Å². The maximum absolute atomic E-state index is 13.1. The second kappa shape index (κ2) is 11.2. The summed E-state index contributed by atoms with van der Waals surface area (Å²) in [4.78, 5) is 29.8. The largest absolute Gasteiger partial charge is 0.368 e. The summed E-state index contributed by atoms with van der Waals surface area (Å²) in [6.07, 6.45) is 4.93. The maximum Gasteiger partial charge on any atom is 0.240 e. The van der Waals surface area contributed by atoms with E-state index < -0.39 is 21.8 Å². The molecule has 1 heterocycles. The number of hydrogen-bond donors (Lipinski definition) is 2. The molecule has 0 unspecified atom stereocenters. The summed E-state index contributed by atoms with van der Waals surface area (Å²) in [5.41, 5.74) is 6.74. The van der Waals surface area contributed by atoms with E-state index in [9.17, 15) is 18.0 Å². The van der Waals surface area contributed by atoms with Crippen molar-refractivity contribution in [2.75, 3.05) is 38.2 Å². The number of piperazine rings is 1. The van der Waals surface area contributed by atoms with Gasteiger partial charge in [-0.25, -0.2) is 8.42 Å². The number of carbonyl (C=O) groups excluding carboxylic acids is 2. The van der Waals surface area contributed by atoms with E-state index in [-0.39, 0.29) is 30.0 Å². The molecule has 0 bridgehead atoms. The van der Waals surface area contributed by atoms with Crippen LogP contribution in [0, 0.1) is 5.92 Å². The number of nitrogens with two attached hydrogens (primary N) is 1. The second-order valence-electron chi connectivity index (χ2n) is 9.14. The molecule has 1 aliphatic heterocycles. The summed E-state index contributed by atoms with van der Waals surface area (Å²) >= 11 is 0. The Balaban J connectivity index is 1.56. The minimum absolute atomic E-state index is 0.00938. The Morgan fingerprint density at radius 1 is 1.09 bits per heavy atom. The highest BCUT2D eigenvalue weighted by Crippen LogP contribution is 2.30. The van der Waals surface area contributed by atoms with Crippen molar-refractivity contribution in [1.29, 1.82) is 0 Å². The van der Waals surface area contributed by atoms with Gasteiger partial charge in [0.15, 0.2) is 0 Å². The molecule has 3 N–H and O–H groups in total. The van der Waals surface area contributed by atoms with E-state index >= 15 is 0 Å². The van der Waals surface area contributed by atoms with E-state index in [0.717, 1.165) is 64.7 Å². The Labute approximate surface area is 191 Å². The normalized spacial score (nSPS) is 24.0. The molecular formula is C23H36N4O4S. The lowest BCUT2D eigenvalue weighted by atomic mass is 9.82. The maximum atomic E-state index is 13.1. The molecule has 3 atom stereocenters. The zero-order valence-corrected chi connectivity index (χ0v) is 19.7. The van der Waals surface area contributed by atoms with Crippen LogP contribution in [-0.4, -0.2) is 80.3 Å². The van der Waals surface area contributed by atoms with Crippen LogP contribution in [0.25, 0.3) is 0 Å². The number of amides is 2. The van der Waals surface area contributed by atoms with Gasteiger partial charge in [-0.2, -0.15) is 0 Å². The predicted molar refractivity (Wildman–Crippen MR) is 124 cm³/mol.